The number of hydrogen-bond acceptors (Lipinski definition) is 3. The molecule has 0 aliphatic heterocycles. The lowest BCUT2D eigenvalue weighted by Gasteiger charge is -2.03. The topological polar surface area (TPSA) is 67.5 Å². The van der Waals surface area contributed by atoms with Crippen molar-refractivity contribution in [3.8, 4) is 0 Å². The number of carbonyl (C=O) groups is 1. The first-order chi connectivity index (χ1) is 9.60. The van der Waals surface area contributed by atoms with Crippen LogP contribution in [0.5, 0.6) is 0 Å². The zero-order valence-corrected chi connectivity index (χ0v) is 10.4. The third-order valence-corrected chi connectivity index (χ3v) is 3.18. The van der Waals surface area contributed by atoms with Crippen LogP contribution in [0.1, 0.15) is 15.9 Å². The van der Waals surface area contributed by atoms with E-state index in [0.717, 1.165) is 5.56 Å². The molecule has 1 aromatic heterocycles. The van der Waals surface area contributed by atoms with Gasteiger partial charge in [-0.05, 0) is 35.9 Å². The van der Waals surface area contributed by atoms with Gasteiger partial charge in [-0.3, -0.25) is 4.79 Å². The molecule has 0 radical (unpaired) electrons. The molecule has 0 saturated carbocycles. The van der Waals surface area contributed by atoms with Crippen molar-refractivity contribution in [1.82, 2.24) is 0 Å². The van der Waals surface area contributed by atoms with Crippen molar-refractivity contribution in [2.45, 2.75) is 0 Å². The molecule has 4 heteroatoms. The average Bonchev–Trinajstić information content (AvgIpc) is 2.47. The Morgan fingerprint density at radius 2 is 1.75 bits per heavy atom. The second kappa shape index (κ2) is 4.35. The fourth-order valence-corrected chi connectivity index (χ4v) is 2.13. The Balaban J connectivity index is 2.45. The van der Waals surface area contributed by atoms with E-state index in [1.165, 1.54) is 18.2 Å². The van der Waals surface area contributed by atoms with E-state index >= 15 is 0 Å². The van der Waals surface area contributed by atoms with E-state index < -0.39 is 5.97 Å². The third kappa shape index (κ3) is 1.78. The highest BCUT2D eigenvalue weighted by molar-refractivity contribution is 5.96. The Morgan fingerprint density at radius 1 is 1.10 bits per heavy atom. The van der Waals surface area contributed by atoms with Crippen LogP contribution in [0.2, 0.25) is 0 Å². The second-order valence-corrected chi connectivity index (χ2v) is 4.41. The lowest BCUT2D eigenvalue weighted by Crippen LogP contribution is -2.04. The normalized spacial score (nSPS) is 10.8. The van der Waals surface area contributed by atoms with Crippen molar-refractivity contribution < 1.29 is 14.3 Å². The first-order valence-corrected chi connectivity index (χ1v) is 5.96. The summed E-state index contributed by atoms with van der Waals surface area (Å²) < 4.78 is 5.63. The van der Waals surface area contributed by atoms with E-state index in [9.17, 15) is 9.59 Å². The molecule has 3 rings (SSSR count). The van der Waals surface area contributed by atoms with Crippen LogP contribution in [0.15, 0.2) is 52.2 Å². The molecule has 2 aromatic carbocycles. The third-order valence-electron chi connectivity index (χ3n) is 3.18. The van der Waals surface area contributed by atoms with Gasteiger partial charge in [0.15, 0.2) is 0 Å². The summed E-state index contributed by atoms with van der Waals surface area (Å²) in [6.07, 6.45) is 1.64. The van der Waals surface area contributed by atoms with Crippen molar-refractivity contribution in [3.63, 3.8) is 0 Å². The van der Waals surface area contributed by atoms with Crippen LogP contribution in [-0.2, 0) is 0 Å². The van der Waals surface area contributed by atoms with Gasteiger partial charge in [0.1, 0.15) is 11.2 Å². The smallest absolute Gasteiger partial charge is 0.335 e. The predicted octanol–water partition coefficient (Wildman–Crippen LogP) is 3.29. The largest absolute Gasteiger partial charge is 0.478 e. The molecule has 4 nitrogen and oxygen atoms in total. The number of carboxylic acid groups (broad SMARTS) is 1. The summed E-state index contributed by atoms with van der Waals surface area (Å²) in [5.74, 6) is -1.08. The molecule has 98 valence electrons. The standard InChI is InChI=1S/C16H10O4/c1-2-9-3-5-13-11(7-9)15(17)12-8-10(16(18)19)4-6-14(12)20-13/h2-8H,1H2,(H,18,19). The molecule has 0 fully saturated rings. The molecule has 0 atom stereocenters. The Hall–Kier alpha value is -2.88. The molecule has 0 saturated heterocycles. The second-order valence-electron chi connectivity index (χ2n) is 4.41. The summed E-state index contributed by atoms with van der Waals surface area (Å²) >= 11 is 0. The Morgan fingerprint density at radius 3 is 2.40 bits per heavy atom. The van der Waals surface area contributed by atoms with Gasteiger partial charge in [-0.1, -0.05) is 18.7 Å². The summed E-state index contributed by atoms with van der Waals surface area (Å²) in [4.78, 5) is 23.4. The summed E-state index contributed by atoms with van der Waals surface area (Å²) in [5.41, 5.74) is 1.46. The number of carboxylic acids is 1. The molecule has 0 unspecified atom stereocenters. The number of fused-ring (bicyclic) bond motifs is 2. The highest BCUT2D eigenvalue weighted by Crippen LogP contribution is 2.21. The zero-order valence-electron chi connectivity index (χ0n) is 10.4. The van der Waals surface area contributed by atoms with Crippen LogP contribution < -0.4 is 5.43 Å². The molecule has 0 amide bonds. The number of aromatic carboxylic acids is 1. The van der Waals surface area contributed by atoms with Gasteiger partial charge in [0.25, 0.3) is 0 Å². The molecule has 0 aliphatic rings. The molecule has 0 spiro atoms. The van der Waals surface area contributed by atoms with Gasteiger partial charge < -0.3 is 9.52 Å². The first-order valence-electron chi connectivity index (χ1n) is 5.96. The fourth-order valence-electron chi connectivity index (χ4n) is 2.13. The number of hydrogen-bond donors (Lipinski definition) is 1. The maximum absolute atomic E-state index is 12.4. The van der Waals surface area contributed by atoms with Crippen molar-refractivity contribution >= 4 is 34.0 Å². The Bertz CT molecular complexity index is 919. The van der Waals surface area contributed by atoms with E-state index in [1.807, 2.05) is 0 Å². The summed E-state index contributed by atoms with van der Waals surface area (Å²) in [6, 6.07) is 9.44. The van der Waals surface area contributed by atoms with Gasteiger partial charge in [-0.15, -0.1) is 0 Å². The maximum atomic E-state index is 12.4. The summed E-state index contributed by atoms with van der Waals surface area (Å²) in [7, 11) is 0. The monoisotopic (exact) mass is 266 g/mol. The van der Waals surface area contributed by atoms with E-state index in [2.05, 4.69) is 6.58 Å². The first kappa shape index (κ1) is 12.2. The Labute approximate surface area is 113 Å². The van der Waals surface area contributed by atoms with Gasteiger partial charge in [0, 0.05) is 0 Å². The molecular formula is C16H10O4. The fraction of sp³-hybridized carbons (Fsp3) is 0. The maximum Gasteiger partial charge on any atom is 0.335 e. The molecule has 0 bridgehead atoms. The molecule has 20 heavy (non-hydrogen) atoms. The van der Waals surface area contributed by atoms with Gasteiger partial charge in [-0.25, -0.2) is 4.79 Å². The summed E-state index contributed by atoms with van der Waals surface area (Å²) in [5, 5.41) is 9.66. The van der Waals surface area contributed by atoms with Crippen molar-refractivity contribution in [2.75, 3.05) is 0 Å². The van der Waals surface area contributed by atoms with Crippen LogP contribution in [0.3, 0.4) is 0 Å². The van der Waals surface area contributed by atoms with E-state index in [4.69, 9.17) is 9.52 Å². The molecule has 1 N–H and O–H groups in total. The van der Waals surface area contributed by atoms with Crippen molar-refractivity contribution in [3.05, 3.63) is 64.3 Å². The van der Waals surface area contributed by atoms with Crippen LogP contribution >= 0.6 is 0 Å². The van der Waals surface area contributed by atoms with Gasteiger partial charge in [-0.2, -0.15) is 0 Å². The van der Waals surface area contributed by atoms with Gasteiger partial charge in [0.05, 0.1) is 16.3 Å². The molecule has 1 heterocycles. The SMILES string of the molecule is C=Cc1ccc2oc3ccc(C(=O)O)cc3c(=O)c2c1. The number of benzene rings is 2. The van der Waals surface area contributed by atoms with Crippen LogP contribution in [0, 0.1) is 0 Å². The van der Waals surface area contributed by atoms with Crippen LogP contribution in [0.25, 0.3) is 28.0 Å². The zero-order chi connectivity index (χ0) is 14.3. The summed E-state index contributed by atoms with van der Waals surface area (Å²) in [6.45, 7) is 3.66. The Kier molecular flexibility index (Phi) is 2.64. The minimum atomic E-state index is -1.08. The lowest BCUT2D eigenvalue weighted by atomic mass is 10.1. The highest BCUT2D eigenvalue weighted by atomic mass is 16.4. The lowest BCUT2D eigenvalue weighted by molar-refractivity contribution is 0.0697. The van der Waals surface area contributed by atoms with Gasteiger partial charge >= 0.3 is 5.97 Å². The highest BCUT2D eigenvalue weighted by Gasteiger charge is 2.11. The molecular weight excluding hydrogens is 256 g/mol. The molecule has 0 aliphatic carbocycles. The molecule has 3 aromatic rings. The average molecular weight is 266 g/mol. The van der Waals surface area contributed by atoms with E-state index in [-0.39, 0.29) is 16.4 Å². The van der Waals surface area contributed by atoms with Crippen molar-refractivity contribution in [2.24, 2.45) is 0 Å². The van der Waals surface area contributed by atoms with Crippen LogP contribution in [-0.4, -0.2) is 11.1 Å². The van der Waals surface area contributed by atoms with Crippen LogP contribution in [0.4, 0.5) is 0 Å². The van der Waals surface area contributed by atoms with E-state index in [1.54, 1.807) is 24.3 Å². The number of rotatable bonds is 2. The van der Waals surface area contributed by atoms with Crippen molar-refractivity contribution in [1.29, 1.82) is 0 Å². The predicted molar refractivity (Wildman–Crippen MR) is 77.0 cm³/mol. The quantitative estimate of drug-likeness (QED) is 0.723. The van der Waals surface area contributed by atoms with E-state index in [0.29, 0.717) is 16.6 Å². The minimum absolute atomic E-state index is 0.0593. The van der Waals surface area contributed by atoms with Gasteiger partial charge in [0.2, 0.25) is 5.43 Å². The minimum Gasteiger partial charge on any atom is -0.478 e.